The second kappa shape index (κ2) is 7.19. The number of rotatable bonds is 7. The van der Waals surface area contributed by atoms with Gasteiger partial charge < -0.3 is 20.1 Å². The molecule has 3 N–H and O–H groups in total. The van der Waals surface area contributed by atoms with E-state index in [1.807, 2.05) is 36.5 Å². The van der Waals surface area contributed by atoms with Crippen LogP contribution in [0.2, 0.25) is 0 Å². The standard InChI is InChI=1S/C19H20N2O3/c1-24-16-6-7-18-17(10-16)15(12-21-18)8-9-20-11-13-2-4-14(5-3-13)19(22)23/h2-7,10,12,20-21H,8-9,11H2,1H3,(H,22,23). The van der Waals surface area contributed by atoms with E-state index in [0.717, 1.165) is 29.8 Å². The van der Waals surface area contributed by atoms with E-state index in [1.165, 1.54) is 10.9 Å². The van der Waals surface area contributed by atoms with Crippen LogP contribution in [0.1, 0.15) is 21.5 Å². The third-order valence-electron chi connectivity index (χ3n) is 4.08. The number of benzene rings is 2. The van der Waals surface area contributed by atoms with Crippen LogP contribution in [0, 0.1) is 0 Å². The van der Waals surface area contributed by atoms with Gasteiger partial charge in [-0.3, -0.25) is 0 Å². The van der Waals surface area contributed by atoms with E-state index in [0.29, 0.717) is 12.1 Å². The lowest BCUT2D eigenvalue weighted by molar-refractivity contribution is 0.0697. The molecule has 0 amide bonds. The van der Waals surface area contributed by atoms with E-state index in [2.05, 4.69) is 10.3 Å². The lowest BCUT2D eigenvalue weighted by Gasteiger charge is -2.06. The number of aromatic nitrogens is 1. The van der Waals surface area contributed by atoms with Gasteiger partial charge in [0, 0.05) is 23.6 Å². The highest BCUT2D eigenvalue weighted by molar-refractivity contribution is 5.87. The van der Waals surface area contributed by atoms with Crippen LogP contribution in [0.4, 0.5) is 0 Å². The fourth-order valence-corrected chi connectivity index (χ4v) is 2.71. The van der Waals surface area contributed by atoms with Crippen LogP contribution in [-0.4, -0.2) is 29.7 Å². The van der Waals surface area contributed by atoms with E-state index >= 15 is 0 Å². The first-order chi connectivity index (χ1) is 11.7. The summed E-state index contributed by atoms with van der Waals surface area (Å²) in [4.78, 5) is 14.1. The molecule has 2 aromatic carbocycles. The summed E-state index contributed by atoms with van der Waals surface area (Å²) in [6.45, 7) is 1.55. The maximum absolute atomic E-state index is 10.8. The molecule has 0 atom stereocenters. The fraction of sp³-hybridized carbons (Fsp3) is 0.211. The number of hydrogen-bond acceptors (Lipinski definition) is 3. The van der Waals surface area contributed by atoms with E-state index in [1.54, 1.807) is 19.2 Å². The van der Waals surface area contributed by atoms with Gasteiger partial charge in [-0.25, -0.2) is 4.79 Å². The first-order valence-corrected chi connectivity index (χ1v) is 7.84. The van der Waals surface area contributed by atoms with Gasteiger partial charge >= 0.3 is 5.97 Å². The van der Waals surface area contributed by atoms with Crippen molar-refractivity contribution in [2.45, 2.75) is 13.0 Å². The molecule has 0 fully saturated rings. The Labute approximate surface area is 140 Å². The number of nitrogens with one attached hydrogen (secondary N) is 2. The Morgan fingerprint density at radius 1 is 1.21 bits per heavy atom. The summed E-state index contributed by atoms with van der Waals surface area (Å²) in [5.74, 6) is -0.0425. The summed E-state index contributed by atoms with van der Waals surface area (Å²) >= 11 is 0. The monoisotopic (exact) mass is 324 g/mol. The van der Waals surface area contributed by atoms with Gasteiger partial charge in [0.15, 0.2) is 0 Å². The van der Waals surface area contributed by atoms with Crippen LogP contribution in [0.15, 0.2) is 48.7 Å². The molecule has 24 heavy (non-hydrogen) atoms. The first kappa shape index (κ1) is 16.1. The molecule has 0 aliphatic rings. The highest BCUT2D eigenvalue weighted by Crippen LogP contribution is 2.23. The number of carboxylic acid groups (broad SMARTS) is 1. The normalized spacial score (nSPS) is 10.9. The van der Waals surface area contributed by atoms with Gasteiger partial charge in [0.05, 0.1) is 12.7 Å². The van der Waals surface area contributed by atoms with Crippen molar-refractivity contribution in [1.29, 1.82) is 0 Å². The van der Waals surface area contributed by atoms with Crippen molar-refractivity contribution >= 4 is 16.9 Å². The zero-order chi connectivity index (χ0) is 16.9. The Hall–Kier alpha value is -2.79. The molecule has 1 heterocycles. The summed E-state index contributed by atoms with van der Waals surface area (Å²) in [6.07, 6.45) is 2.94. The van der Waals surface area contributed by atoms with Crippen LogP contribution in [0.5, 0.6) is 5.75 Å². The van der Waals surface area contributed by atoms with Gasteiger partial charge in [-0.15, -0.1) is 0 Å². The lowest BCUT2D eigenvalue weighted by Crippen LogP contribution is -2.16. The third kappa shape index (κ3) is 3.58. The van der Waals surface area contributed by atoms with Gasteiger partial charge in [0.1, 0.15) is 5.75 Å². The largest absolute Gasteiger partial charge is 0.497 e. The van der Waals surface area contributed by atoms with Gasteiger partial charge in [-0.2, -0.15) is 0 Å². The molecule has 0 aliphatic heterocycles. The number of ether oxygens (including phenoxy) is 1. The van der Waals surface area contributed by atoms with E-state index < -0.39 is 5.97 Å². The minimum atomic E-state index is -0.899. The van der Waals surface area contributed by atoms with Crippen LogP contribution in [0.25, 0.3) is 10.9 Å². The smallest absolute Gasteiger partial charge is 0.335 e. The highest BCUT2D eigenvalue weighted by atomic mass is 16.5. The average Bonchev–Trinajstić information content (AvgIpc) is 3.01. The van der Waals surface area contributed by atoms with Crippen molar-refractivity contribution < 1.29 is 14.6 Å². The Balaban J connectivity index is 1.56. The zero-order valence-electron chi connectivity index (χ0n) is 13.5. The van der Waals surface area contributed by atoms with Crippen molar-refractivity contribution in [3.8, 4) is 5.75 Å². The van der Waals surface area contributed by atoms with Gasteiger partial charge in [-0.05, 0) is 54.4 Å². The number of carbonyl (C=O) groups is 1. The zero-order valence-corrected chi connectivity index (χ0v) is 13.5. The Morgan fingerprint density at radius 3 is 2.71 bits per heavy atom. The number of methoxy groups -OCH3 is 1. The van der Waals surface area contributed by atoms with Crippen LogP contribution < -0.4 is 10.1 Å². The molecule has 124 valence electrons. The summed E-state index contributed by atoms with van der Waals surface area (Å²) in [5, 5.41) is 13.5. The SMILES string of the molecule is COc1ccc2[nH]cc(CCNCc3ccc(C(=O)O)cc3)c2c1. The maximum Gasteiger partial charge on any atom is 0.335 e. The molecule has 5 nitrogen and oxygen atoms in total. The minimum absolute atomic E-state index is 0.312. The highest BCUT2D eigenvalue weighted by Gasteiger charge is 2.05. The molecule has 0 radical (unpaired) electrons. The molecule has 0 aliphatic carbocycles. The molecule has 3 rings (SSSR count). The molecular weight excluding hydrogens is 304 g/mol. The van der Waals surface area contributed by atoms with Crippen LogP contribution in [-0.2, 0) is 13.0 Å². The van der Waals surface area contributed by atoms with Gasteiger partial charge in [-0.1, -0.05) is 12.1 Å². The quantitative estimate of drug-likeness (QED) is 0.583. The molecule has 1 aromatic heterocycles. The number of fused-ring (bicyclic) bond motifs is 1. The number of hydrogen-bond donors (Lipinski definition) is 3. The van der Waals surface area contributed by atoms with Crippen molar-refractivity contribution in [1.82, 2.24) is 10.3 Å². The molecular formula is C19H20N2O3. The molecule has 3 aromatic rings. The first-order valence-electron chi connectivity index (χ1n) is 7.84. The van der Waals surface area contributed by atoms with Gasteiger partial charge in [0.25, 0.3) is 0 Å². The Kier molecular flexibility index (Phi) is 4.82. The number of aromatic amines is 1. The lowest BCUT2D eigenvalue weighted by atomic mass is 10.1. The molecule has 0 unspecified atom stereocenters. The Bertz CT molecular complexity index is 837. The van der Waals surface area contributed by atoms with E-state index in [9.17, 15) is 4.79 Å². The second-order valence-corrected chi connectivity index (χ2v) is 5.65. The van der Waals surface area contributed by atoms with Crippen molar-refractivity contribution in [3.05, 3.63) is 65.4 Å². The van der Waals surface area contributed by atoms with E-state index in [4.69, 9.17) is 9.84 Å². The molecule has 5 heteroatoms. The van der Waals surface area contributed by atoms with Gasteiger partial charge in [0.2, 0.25) is 0 Å². The number of carboxylic acids is 1. The fourth-order valence-electron chi connectivity index (χ4n) is 2.71. The molecule has 0 spiro atoms. The number of aromatic carboxylic acids is 1. The van der Waals surface area contributed by atoms with Crippen molar-refractivity contribution in [2.75, 3.05) is 13.7 Å². The minimum Gasteiger partial charge on any atom is -0.497 e. The molecule has 0 bridgehead atoms. The molecule has 0 saturated heterocycles. The predicted octanol–water partition coefficient (Wildman–Crippen LogP) is 3.21. The topological polar surface area (TPSA) is 74.3 Å². The predicted molar refractivity (Wildman–Crippen MR) is 93.7 cm³/mol. The Morgan fingerprint density at radius 2 is 2.00 bits per heavy atom. The van der Waals surface area contributed by atoms with Crippen LogP contribution in [0.3, 0.4) is 0 Å². The average molecular weight is 324 g/mol. The van der Waals surface area contributed by atoms with Crippen molar-refractivity contribution in [2.24, 2.45) is 0 Å². The molecule has 0 saturated carbocycles. The second-order valence-electron chi connectivity index (χ2n) is 5.65. The third-order valence-corrected chi connectivity index (χ3v) is 4.08. The maximum atomic E-state index is 10.8. The van der Waals surface area contributed by atoms with Crippen LogP contribution >= 0.6 is 0 Å². The van der Waals surface area contributed by atoms with Crippen molar-refractivity contribution in [3.63, 3.8) is 0 Å². The summed E-state index contributed by atoms with van der Waals surface area (Å²) in [6, 6.07) is 13.0. The summed E-state index contributed by atoms with van der Waals surface area (Å²) < 4.78 is 5.29. The van der Waals surface area contributed by atoms with E-state index in [-0.39, 0.29) is 0 Å². The number of H-pyrrole nitrogens is 1. The summed E-state index contributed by atoms with van der Waals surface area (Å²) in [7, 11) is 1.67. The summed E-state index contributed by atoms with van der Waals surface area (Å²) in [5.41, 5.74) is 3.74.